The first-order valence-corrected chi connectivity index (χ1v) is 7.55. The molecule has 0 spiro atoms. The van der Waals surface area contributed by atoms with Crippen LogP contribution < -0.4 is 5.32 Å². The molecule has 0 aromatic heterocycles. The summed E-state index contributed by atoms with van der Waals surface area (Å²) in [6, 6.07) is 8.37. The molecular formula is C17H26N2O. The third-order valence-electron chi connectivity index (χ3n) is 4.30. The Morgan fingerprint density at radius 2 is 2.00 bits per heavy atom. The maximum atomic E-state index is 12.0. The molecule has 20 heavy (non-hydrogen) atoms. The number of anilines is 1. The van der Waals surface area contributed by atoms with Gasteiger partial charge in [0, 0.05) is 31.4 Å². The van der Waals surface area contributed by atoms with Crippen molar-refractivity contribution in [1.82, 2.24) is 4.90 Å². The number of benzene rings is 1. The van der Waals surface area contributed by atoms with E-state index in [0.717, 1.165) is 17.2 Å². The van der Waals surface area contributed by atoms with Gasteiger partial charge < -0.3 is 10.2 Å². The topological polar surface area (TPSA) is 32.3 Å². The molecule has 0 saturated heterocycles. The van der Waals surface area contributed by atoms with Crippen molar-refractivity contribution in [2.75, 3.05) is 19.4 Å². The van der Waals surface area contributed by atoms with Crippen molar-refractivity contribution in [2.24, 2.45) is 11.8 Å². The number of hydrogen-bond donors (Lipinski definition) is 1. The molecule has 1 aromatic carbocycles. The van der Waals surface area contributed by atoms with E-state index in [4.69, 9.17) is 0 Å². The summed E-state index contributed by atoms with van der Waals surface area (Å²) in [5, 5.41) is 3.61. The smallest absolute Gasteiger partial charge is 0.253 e. The van der Waals surface area contributed by atoms with Gasteiger partial charge in [0.1, 0.15) is 0 Å². The van der Waals surface area contributed by atoms with Crippen molar-refractivity contribution in [2.45, 2.75) is 39.2 Å². The lowest BCUT2D eigenvalue weighted by molar-refractivity contribution is 0.0827. The molecule has 1 N–H and O–H groups in total. The molecular weight excluding hydrogens is 248 g/mol. The SMILES string of the molecule is CC1CCC(Nc2cccc(C(=O)N(C)C)c2)C(C)C1. The molecule has 3 unspecified atom stereocenters. The molecule has 1 saturated carbocycles. The summed E-state index contributed by atoms with van der Waals surface area (Å²) in [7, 11) is 3.57. The molecule has 2 rings (SSSR count). The van der Waals surface area contributed by atoms with Gasteiger partial charge in [0.15, 0.2) is 0 Å². The molecule has 110 valence electrons. The Kier molecular flexibility index (Phi) is 4.69. The largest absolute Gasteiger partial charge is 0.382 e. The number of amides is 1. The zero-order valence-electron chi connectivity index (χ0n) is 13.0. The van der Waals surface area contributed by atoms with Crippen LogP contribution in [-0.2, 0) is 0 Å². The molecule has 0 aliphatic heterocycles. The van der Waals surface area contributed by atoms with Gasteiger partial charge >= 0.3 is 0 Å². The number of nitrogens with zero attached hydrogens (tertiary/aromatic N) is 1. The predicted octanol–water partition coefficient (Wildman–Crippen LogP) is 3.63. The Labute approximate surface area is 122 Å². The van der Waals surface area contributed by atoms with Gasteiger partial charge in [-0.05, 0) is 49.3 Å². The molecule has 0 bridgehead atoms. The lowest BCUT2D eigenvalue weighted by Crippen LogP contribution is -2.33. The first kappa shape index (κ1) is 14.9. The Bertz CT molecular complexity index is 470. The van der Waals surface area contributed by atoms with E-state index in [0.29, 0.717) is 12.0 Å². The summed E-state index contributed by atoms with van der Waals surface area (Å²) in [4.78, 5) is 13.6. The first-order chi connectivity index (χ1) is 9.47. The Morgan fingerprint density at radius 1 is 1.25 bits per heavy atom. The molecule has 3 nitrogen and oxygen atoms in total. The fourth-order valence-corrected chi connectivity index (χ4v) is 3.09. The highest BCUT2D eigenvalue weighted by Crippen LogP contribution is 2.30. The van der Waals surface area contributed by atoms with Gasteiger partial charge in [0.05, 0.1) is 0 Å². The fourth-order valence-electron chi connectivity index (χ4n) is 3.09. The van der Waals surface area contributed by atoms with Gasteiger partial charge in [-0.3, -0.25) is 4.79 Å². The van der Waals surface area contributed by atoms with Crippen LogP contribution in [0.15, 0.2) is 24.3 Å². The third-order valence-corrected chi connectivity index (χ3v) is 4.30. The molecule has 1 aromatic rings. The van der Waals surface area contributed by atoms with Gasteiger partial charge in [0.25, 0.3) is 5.91 Å². The summed E-state index contributed by atoms with van der Waals surface area (Å²) in [6.45, 7) is 4.66. The summed E-state index contributed by atoms with van der Waals surface area (Å²) < 4.78 is 0. The second-order valence-electron chi connectivity index (χ2n) is 6.43. The zero-order valence-corrected chi connectivity index (χ0v) is 13.0. The summed E-state index contributed by atoms with van der Waals surface area (Å²) in [5.74, 6) is 1.58. The molecule has 0 radical (unpaired) electrons. The second kappa shape index (κ2) is 6.29. The minimum Gasteiger partial charge on any atom is -0.382 e. The van der Waals surface area contributed by atoms with Crippen LogP contribution >= 0.6 is 0 Å². The van der Waals surface area contributed by atoms with Gasteiger partial charge in [-0.15, -0.1) is 0 Å². The van der Waals surface area contributed by atoms with Gasteiger partial charge in [-0.2, -0.15) is 0 Å². The highest BCUT2D eigenvalue weighted by atomic mass is 16.2. The van der Waals surface area contributed by atoms with E-state index in [1.54, 1.807) is 19.0 Å². The van der Waals surface area contributed by atoms with Crippen molar-refractivity contribution >= 4 is 11.6 Å². The summed E-state index contributed by atoms with van der Waals surface area (Å²) in [5.41, 5.74) is 1.81. The van der Waals surface area contributed by atoms with E-state index in [-0.39, 0.29) is 5.91 Å². The average molecular weight is 274 g/mol. The van der Waals surface area contributed by atoms with Crippen LogP contribution in [-0.4, -0.2) is 30.9 Å². The van der Waals surface area contributed by atoms with Crippen molar-refractivity contribution in [1.29, 1.82) is 0 Å². The van der Waals surface area contributed by atoms with E-state index < -0.39 is 0 Å². The lowest BCUT2D eigenvalue weighted by Gasteiger charge is -2.34. The molecule has 0 heterocycles. The second-order valence-corrected chi connectivity index (χ2v) is 6.43. The monoisotopic (exact) mass is 274 g/mol. The van der Waals surface area contributed by atoms with Crippen molar-refractivity contribution in [3.05, 3.63) is 29.8 Å². The zero-order chi connectivity index (χ0) is 14.7. The maximum Gasteiger partial charge on any atom is 0.253 e. The van der Waals surface area contributed by atoms with Gasteiger partial charge in [-0.1, -0.05) is 19.9 Å². The van der Waals surface area contributed by atoms with E-state index in [2.05, 4.69) is 25.2 Å². The molecule has 3 atom stereocenters. The maximum absolute atomic E-state index is 12.0. The van der Waals surface area contributed by atoms with E-state index >= 15 is 0 Å². The minimum atomic E-state index is 0.0546. The van der Waals surface area contributed by atoms with E-state index in [9.17, 15) is 4.79 Å². The minimum absolute atomic E-state index is 0.0546. The van der Waals surface area contributed by atoms with Crippen LogP contribution in [0.25, 0.3) is 0 Å². The molecule has 1 fully saturated rings. The molecule has 1 aliphatic carbocycles. The predicted molar refractivity (Wildman–Crippen MR) is 84.0 cm³/mol. The molecule has 1 aliphatic rings. The highest BCUT2D eigenvalue weighted by Gasteiger charge is 2.25. The third kappa shape index (κ3) is 3.53. The van der Waals surface area contributed by atoms with E-state index in [1.807, 2.05) is 18.2 Å². The van der Waals surface area contributed by atoms with Crippen LogP contribution in [0.2, 0.25) is 0 Å². The van der Waals surface area contributed by atoms with E-state index in [1.165, 1.54) is 19.3 Å². The van der Waals surface area contributed by atoms with Crippen LogP contribution in [0.3, 0.4) is 0 Å². The van der Waals surface area contributed by atoms with Crippen LogP contribution in [0.5, 0.6) is 0 Å². The highest BCUT2D eigenvalue weighted by molar-refractivity contribution is 5.94. The first-order valence-electron chi connectivity index (χ1n) is 7.55. The van der Waals surface area contributed by atoms with Gasteiger partial charge in [-0.25, -0.2) is 0 Å². The van der Waals surface area contributed by atoms with Gasteiger partial charge in [0.2, 0.25) is 0 Å². The van der Waals surface area contributed by atoms with Crippen molar-refractivity contribution < 1.29 is 4.79 Å². The Morgan fingerprint density at radius 3 is 2.65 bits per heavy atom. The van der Waals surface area contributed by atoms with Crippen LogP contribution in [0.1, 0.15) is 43.5 Å². The standard InChI is InChI=1S/C17H26N2O/c1-12-8-9-16(13(2)10-12)18-15-7-5-6-14(11-15)17(20)19(3)4/h5-7,11-13,16,18H,8-10H2,1-4H3. The quantitative estimate of drug-likeness (QED) is 0.913. The number of carbonyl (C=O) groups is 1. The van der Waals surface area contributed by atoms with Crippen LogP contribution in [0, 0.1) is 11.8 Å². The Hall–Kier alpha value is -1.51. The van der Waals surface area contributed by atoms with Crippen LogP contribution in [0.4, 0.5) is 5.69 Å². The van der Waals surface area contributed by atoms with Crippen molar-refractivity contribution in [3.8, 4) is 0 Å². The number of rotatable bonds is 3. The number of hydrogen-bond acceptors (Lipinski definition) is 2. The lowest BCUT2D eigenvalue weighted by atomic mass is 9.80. The summed E-state index contributed by atoms with van der Waals surface area (Å²) in [6.07, 6.45) is 3.79. The molecule has 1 amide bonds. The normalized spacial score (nSPS) is 26.1. The summed E-state index contributed by atoms with van der Waals surface area (Å²) >= 11 is 0. The average Bonchev–Trinajstić information content (AvgIpc) is 2.41. The number of nitrogens with one attached hydrogen (secondary N) is 1. The molecule has 3 heteroatoms. The van der Waals surface area contributed by atoms with Crippen molar-refractivity contribution in [3.63, 3.8) is 0 Å². The fraction of sp³-hybridized carbons (Fsp3) is 0.588. The number of carbonyl (C=O) groups excluding carboxylic acids is 1. The Balaban J connectivity index is 2.06.